The minimum absolute atomic E-state index is 0.156. The fourth-order valence-corrected chi connectivity index (χ4v) is 4.34. The van der Waals surface area contributed by atoms with Gasteiger partial charge in [-0.3, -0.25) is 9.59 Å². The van der Waals surface area contributed by atoms with Gasteiger partial charge >= 0.3 is 5.97 Å². The maximum Gasteiger partial charge on any atom is 0.308 e. The van der Waals surface area contributed by atoms with E-state index in [0.29, 0.717) is 23.6 Å². The number of methoxy groups -OCH3 is 1. The van der Waals surface area contributed by atoms with Crippen LogP contribution >= 0.6 is 11.8 Å². The van der Waals surface area contributed by atoms with E-state index in [2.05, 4.69) is 46.3 Å². The molecule has 0 aliphatic carbocycles. The quantitative estimate of drug-likeness (QED) is 0.118. The van der Waals surface area contributed by atoms with Crippen LogP contribution in [0, 0.1) is 6.92 Å². The van der Waals surface area contributed by atoms with E-state index in [1.165, 1.54) is 37.6 Å². The number of aryl methyl sites for hydroxylation is 1. The van der Waals surface area contributed by atoms with E-state index in [9.17, 15) is 9.59 Å². The summed E-state index contributed by atoms with van der Waals surface area (Å²) in [6, 6.07) is 21.3. The Balaban J connectivity index is 1.41. The van der Waals surface area contributed by atoms with E-state index < -0.39 is 5.97 Å². The van der Waals surface area contributed by atoms with Crippen LogP contribution in [-0.2, 0) is 16.1 Å². The van der Waals surface area contributed by atoms with Crippen LogP contribution in [0.15, 0.2) is 77.0 Å². The number of amides is 1. The third-order valence-corrected chi connectivity index (χ3v) is 6.23. The number of imidazole rings is 1. The predicted molar refractivity (Wildman–Crippen MR) is 141 cm³/mol. The SMILES string of the molecule is COc1cc(C=NNC(=O)CSc2nc3ccccc3n2Cc2ccc(C)cc2)ccc1OC(C)=O. The van der Waals surface area contributed by atoms with Crippen LogP contribution in [0.5, 0.6) is 11.5 Å². The smallest absolute Gasteiger partial charge is 0.308 e. The van der Waals surface area contributed by atoms with Crippen molar-refractivity contribution in [2.45, 2.75) is 25.5 Å². The van der Waals surface area contributed by atoms with Crippen molar-refractivity contribution in [1.29, 1.82) is 0 Å². The first-order valence-electron chi connectivity index (χ1n) is 11.2. The van der Waals surface area contributed by atoms with Gasteiger partial charge in [0.2, 0.25) is 0 Å². The second kappa shape index (κ2) is 11.5. The third kappa shape index (κ3) is 6.31. The lowest BCUT2D eigenvalue weighted by Crippen LogP contribution is -2.20. The molecule has 0 unspecified atom stereocenters. The zero-order valence-corrected chi connectivity index (χ0v) is 21.0. The first-order chi connectivity index (χ1) is 17.4. The molecule has 3 aromatic carbocycles. The Morgan fingerprint density at radius 1 is 1.08 bits per heavy atom. The summed E-state index contributed by atoms with van der Waals surface area (Å²) in [6.45, 7) is 4.04. The minimum atomic E-state index is -0.438. The summed E-state index contributed by atoms with van der Waals surface area (Å²) in [6.07, 6.45) is 1.50. The molecule has 0 aliphatic heterocycles. The summed E-state index contributed by atoms with van der Waals surface area (Å²) in [5.41, 5.74) is 7.49. The van der Waals surface area contributed by atoms with E-state index in [1.807, 2.05) is 24.3 Å². The number of ether oxygens (including phenoxy) is 2. The fourth-order valence-electron chi connectivity index (χ4n) is 3.54. The molecule has 4 aromatic rings. The summed E-state index contributed by atoms with van der Waals surface area (Å²) < 4.78 is 12.5. The van der Waals surface area contributed by atoms with Crippen LogP contribution in [0.3, 0.4) is 0 Å². The lowest BCUT2D eigenvalue weighted by atomic mass is 10.1. The molecule has 0 atom stereocenters. The topological polar surface area (TPSA) is 94.8 Å². The number of aromatic nitrogens is 2. The van der Waals surface area contributed by atoms with Gasteiger partial charge in [-0.25, -0.2) is 10.4 Å². The van der Waals surface area contributed by atoms with Crippen LogP contribution in [-0.4, -0.2) is 40.5 Å². The van der Waals surface area contributed by atoms with Crippen molar-refractivity contribution < 1.29 is 19.1 Å². The number of benzene rings is 3. The second-order valence-corrected chi connectivity index (χ2v) is 8.98. The van der Waals surface area contributed by atoms with Gasteiger partial charge in [0.1, 0.15) is 0 Å². The van der Waals surface area contributed by atoms with Crippen molar-refractivity contribution in [2.75, 3.05) is 12.9 Å². The van der Waals surface area contributed by atoms with E-state index in [1.54, 1.807) is 18.2 Å². The molecule has 4 rings (SSSR count). The molecule has 184 valence electrons. The third-order valence-electron chi connectivity index (χ3n) is 5.26. The highest BCUT2D eigenvalue weighted by atomic mass is 32.2. The molecule has 0 aliphatic rings. The predicted octanol–water partition coefficient (Wildman–Crippen LogP) is 4.57. The molecule has 1 aromatic heterocycles. The Labute approximate surface area is 213 Å². The van der Waals surface area contributed by atoms with Crippen LogP contribution < -0.4 is 14.9 Å². The molecule has 0 bridgehead atoms. The normalized spacial score (nSPS) is 11.1. The van der Waals surface area contributed by atoms with E-state index in [-0.39, 0.29) is 11.7 Å². The number of hydrogen-bond donors (Lipinski definition) is 1. The molecule has 36 heavy (non-hydrogen) atoms. The number of carbonyl (C=O) groups is 2. The van der Waals surface area contributed by atoms with Gasteiger partial charge in [-0.05, 0) is 48.4 Å². The Kier molecular flexibility index (Phi) is 8.02. The van der Waals surface area contributed by atoms with Gasteiger partial charge in [-0.1, -0.05) is 53.7 Å². The van der Waals surface area contributed by atoms with Crippen LogP contribution in [0.25, 0.3) is 11.0 Å². The molecular weight excluding hydrogens is 476 g/mol. The van der Waals surface area contributed by atoms with Crippen molar-refractivity contribution in [2.24, 2.45) is 5.10 Å². The molecule has 1 N–H and O–H groups in total. The molecule has 1 amide bonds. The number of rotatable bonds is 9. The van der Waals surface area contributed by atoms with Crippen LogP contribution in [0.2, 0.25) is 0 Å². The van der Waals surface area contributed by atoms with Crippen molar-refractivity contribution >= 4 is 40.9 Å². The first kappa shape index (κ1) is 25.0. The highest BCUT2D eigenvalue weighted by molar-refractivity contribution is 7.99. The van der Waals surface area contributed by atoms with E-state index in [4.69, 9.17) is 14.5 Å². The lowest BCUT2D eigenvalue weighted by Gasteiger charge is -2.09. The van der Waals surface area contributed by atoms with Gasteiger partial charge in [-0.2, -0.15) is 5.10 Å². The number of esters is 1. The summed E-state index contributed by atoms with van der Waals surface area (Å²) in [5, 5.41) is 4.80. The van der Waals surface area contributed by atoms with Gasteiger partial charge in [0.15, 0.2) is 16.7 Å². The lowest BCUT2D eigenvalue weighted by molar-refractivity contribution is -0.132. The maximum atomic E-state index is 12.5. The van der Waals surface area contributed by atoms with Crippen molar-refractivity contribution in [3.8, 4) is 11.5 Å². The molecule has 8 nitrogen and oxygen atoms in total. The molecule has 0 fully saturated rings. The van der Waals surface area contributed by atoms with E-state index >= 15 is 0 Å². The van der Waals surface area contributed by atoms with Gasteiger partial charge in [0.05, 0.1) is 36.7 Å². The van der Waals surface area contributed by atoms with Gasteiger partial charge in [0, 0.05) is 6.92 Å². The number of thioether (sulfide) groups is 1. The molecule has 9 heteroatoms. The fraction of sp³-hybridized carbons (Fsp3) is 0.185. The number of nitrogens with zero attached hydrogens (tertiary/aromatic N) is 3. The van der Waals surface area contributed by atoms with Crippen molar-refractivity contribution in [3.05, 3.63) is 83.4 Å². The Morgan fingerprint density at radius 3 is 2.61 bits per heavy atom. The second-order valence-electron chi connectivity index (χ2n) is 8.04. The average molecular weight is 503 g/mol. The molecule has 1 heterocycles. The largest absolute Gasteiger partial charge is 0.493 e. The molecular formula is C27H26N4O4S. The number of fused-ring (bicyclic) bond motifs is 1. The zero-order valence-electron chi connectivity index (χ0n) is 20.2. The standard InChI is InChI=1S/C27H26N4O4S/c1-18-8-10-20(11-9-18)16-31-23-7-5-4-6-22(23)29-27(31)36-17-26(33)30-28-15-21-12-13-24(35-19(2)32)25(14-21)34-3/h4-15H,16-17H2,1-3H3,(H,30,33). The maximum absolute atomic E-state index is 12.5. The van der Waals surface area contributed by atoms with Gasteiger partial charge in [-0.15, -0.1) is 0 Å². The number of para-hydroxylation sites is 2. The van der Waals surface area contributed by atoms with Crippen molar-refractivity contribution in [3.63, 3.8) is 0 Å². The van der Waals surface area contributed by atoms with Gasteiger partial charge in [0.25, 0.3) is 5.91 Å². The zero-order chi connectivity index (χ0) is 25.5. The summed E-state index contributed by atoms with van der Waals surface area (Å²) in [7, 11) is 1.48. The van der Waals surface area contributed by atoms with Crippen LogP contribution in [0.4, 0.5) is 0 Å². The van der Waals surface area contributed by atoms with Crippen LogP contribution in [0.1, 0.15) is 23.6 Å². The Bertz CT molecular complexity index is 1410. The monoisotopic (exact) mass is 502 g/mol. The van der Waals surface area contributed by atoms with E-state index in [0.717, 1.165) is 21.8 Å². The number of hydrazone groups is 1. The summed E-state index contributed by atoms with van der Waals surface area (Å²) >= 11 is 1.36. The summed E-state index contributed by atoms with van der Waals surface area (Å²) in [5.74, 6) is 0.170. The average Bonchev–Trinajstić information content (AvgIpc) is 3.22. The molecule has 0 radical (unpaired) electrons. The Hall–Kier alpha value is -4.11. The Morgan fingerprint density at radius 2 is 1.86 bits per heavy atom. The highest BCUT2D eigenvalue weighted by Gasteiger charge is 2.13. The minimum Gasteiger partial charge on any atom is -0.493 e. The number of hydrogen-bond acceptors (Lipinski definition) is 7. The molecule has 0 saturated heterocycles. The number of nitrogens with one attached hydrogen (secondary N) is 1. The molecule has 0 spiro atoms. The van der Waals surface area contributed by atoms with Crippen molar-refractivity contribution in [1.82, 2.24) is 15.0 Å². The first-order valence-corrected chi connectivity index (χ1v) is 12.2. The summed E-state index contributed by atoms with van der Waals surface area (Å²) in [4.78, 5) is 28.4. The van der Waals surface area contributed by atoms with Gasteiger partial charge < -0.3 is 14.0 Å². The highest BCUT2D eigenvalue weighted by Crippen LogP contribution is 2.28. The molecule has 0 saturated carbocycles. The number of carbonyl (C=O) groups excluding carboxylic acids is 2.